The summed E-state index contributed by atoms with van der Waals surface area (Å²) in [7, 11) is 0. The van der Waals surface area contributed by atoms with E-state index in [4.69, 9.17) is 4.74 Å². The van der Waals surface area contributed by atoms with Gasteiger partial charge in [0.25, 0.3) is 11.5 Å². The maximum atomic E-state index is 14.5. The highest BCUT2D eigenvalue weighted by molar-refractivity contribution is 5.95. The Morgan fingerprint density at radius 3 is 2.42 bits per heavy atom. The monoisotopic (exact) mass is 474 g/mol. The number of benzene rings is 2. The molecule has 0 saturated carbocycles. The molecule has 1 fully saturated rings. The highest BCUT2D eigenvalue weighted by Crippen LogP contribution is 2.20. The molecule has 2 amide bonds. The van der Waals surface area contributed by atoms with Crippen LogP contribution in [0.25, 0.3) is 10.8 Å². The van der Waals surface area contributed by atoms with Gasteiger partial charge in [0.05, 0.1) is 23.3 Å². The van der Waals surface area contributed by atoms with E-state index in [2.05, 4.69) is 10.2 Å². The van der Waals surface area contributed by atoms with Gasteiger partial charge in [-0.15, -0.1) is 12.4 Å². The topological polar surface area (TPSA) is 95.6 Å². The summed E-state index contributed by atoms with van der Waals surface area (Å²) >= 11 is 0. The van der Waals surface area contributed by atoms with Gasteiger partial charge in [-0.25, -0.2) is 14.3 Å². The van der Waals surface area contributed by atoms with E-state index in [-0.39, 0.29) is 30.1 Å². The second kappa shape index (κ2) is 10.4. The van der Waals surface area contributed by atoms with Crippen molar-refractivity contribution in [2.75, 3.05) is 32.8 Å². The van der Waals surface area contributed by atoms with Gasteiger partial charge in [-0.2, -0.15) is 5.10 Å². The van der Waals surface area contributed by atoms with Gasteiger partial charge < -0.3 is 14.5 Å². The molecule has 33 heavy (non-hydrogen) atoms. The molecule has 3 aromatic rings. The molecule has 2 aromatic carbocycles. The van der Waals surface area contributed by atoms with Crippen LogP contribution in [0.5, 0.6) is 0 Å². The Hall–Kier alpha value is -3.46. The molecule has 0 unspecified atom stereocenters. The second-order valence-corrected chi connectivity index (χ2v) is 7.51. The smallest absolute Gasteiger partial charge is 0.409 e. The van der Waals surface area contributed by atoms with Crippen molar-refractivity contribution in [3.8, 4) is 0 Å². The first-order valence-corrected chi connectivity index (χ1v) is 10.4. The molecule has 174 valence electrons. The molecule has 1 aliphatic heterocycles. The number of ether oxygens (including phenoxy) is 1. The number of fused-ring (bicyclic) bond motifs is 1. The predicted molar refractivity (Wildman–Crippen MR) is 123 cm³/mol. The molecular weight excluding hydrogens is 451 g/mol. The first-order valence-electron chi connectivity index (χ1n) is 10.4. The highest BCUT2D eigenvalue weighted by Gasteiger charge is 2.27. The van der Waals surface area contributed by atoms with Crippen molar-refractivity contribution in [1.29, 1.82) is 0 Å². The van der Waals surface area contributed by atoms with Crippen LogP contribution in [0.3, 0.4) is 0 Å². The van der Waals surface area contributed by atoms with Gasteiger partial charge in [0.2, 0.25) is 0 Å². The zero-order valence-corrected chi connectivity index (χ0v) is 18.9. The highest BCUT2D eigenvalue weighted by atomic mass is 35.5. The Morgan fingerprint density at radius 2 is 1.73 bits per heavy atom. The van der Waals surface area contributed by atoms with E-state index < -0.39 is 17.8 Å². The Balaban J connectivity index is 0.00000306. The molecule has 2 heterocycles. The van der Waals surface area contributed by atoms with E-state index >= 15 is 0 Å². The van der Waals surface area contributed by atoms with Crippen molar-refractivity contribution in [3.63, 3.8) is 0 Å². The standard InChI is InChI=1S/C23H23FN4O4.ClH/c1-2-32-23(31)28-11-9-27(10-12-28)22(30)18-13-15(7-8-19(18)24)14-20-16-5-3-4-6-17(16)21(29)26-25-20;/h3-8,13H,2,9-12,14H2,1H3,(H,26,29);1H. The second-order valence-electron chi connectivity index (χ2n) is 7.51. The van der Waals surface area contributed by atoms with Gasteiger partial charge >= 0.3 is 6.09 Å². The number of hydrogen-bond acceptors (Lipinski definition) is 5. The third-order valence-electron chi connectivity index (χ3n) is 5.50. The van der Waals surface area contributed by atoms with E-state index in [0.717, 1.165) is 0 Å². The molecule has 0 aliphatic carbocycles. The molecule has 8 nitrogen and oxygen atoms in total. The number of aromatic nitrogens is 2. The lowest BCUT2D eigenvalue weighted by Gasteiger charge is -2.34. The Bertz CT molecular complexity index is 1220. The lowest BCUT2D eigenvalue weighted by molar-refractivity contribution is 0.0566. The van der Waals surface area contributed by atoms with Gasteiger partial charge in [0, 0.05) is 38.0 Å². The third-order valence-corrected chi connectivity index (χ3v) is 5.50. The molecule has 1 N–H and O–H groups in total. The van der Waals surface area contributed by atoms with Crippen molar-refractivity contribution < 1.29 is 18.7 Å². The van der Waals surface area contributed by atoms with Gasteiger partial charge in [0.1, 0.15) is 5.82 Å². The molecule has 1 aromatic heterocycles. The number of aromatic amines is 1. The van der Waals surface area contributed by atoms with E-state index in [1.165, 1.54) is 21.9 Å². The van der Waals surface area contributed by atoms with Crippen molar-refractivity contribution in [3.05, 3.63) is 75.5 Å². The molecule has 1 aliphatic rings. The van der Waals surface area contributed by atoms with Crippen LogP contribution in [0.1, 0.15) is 28.5 Å². The maximum Gasteiger partial charge on any atom is 0.409 e. The largest absolute Gasteiger partial charge is 0.450 e. The van der Waals surface area contributed by atoms with E-state index in [1.807, 2.05) is 12.1 Å². The lowest BCUT2D eigenvalue weighted by atomic mass is 10.0. The van der Waals surface area contributed by atoms with Crippen molar-refractivity contribution in [2.45, 2.75) is 13.3 Å². The summed E-state index contributed by atoms with van der Waals surface area (Å²) in [6, 6.07) is 11.5. The molecule has 1 saturated heterocycles. The van der Waals surface area contributed by atoms with Crippen LogP contribution < -0.4 is 5.56 Å². The minimum Gasteiger partial charge on any atom is -0.450 e. The summed E-state index contributed by atoms with van der Waals surface area (Å²) in [5, 5.41) is 7.88. The van der Waals surface area contributed by atoms with Crippen molar-refractivity contribution in [1.82, 2.24) is 20.0 Å². The number of hydrogen-bond donors (Lipinski definition) is 1. The fourth-order valence-corrected chi connectivity index (χ4v) is 3.82. The zero-order chi connectivity index (χ0) is 22.7. The Kier molecular flexibility index (Phi) is 7.65. The van der Waals surface area contributed by atoms with E-state index in [0.29, 0.717) is 54.6 Å². The fraction of sp³-hybridized carbons (Fsp3) is 0.304. The van der Waals surface area contributed by atoms with E-state index in [9.17, 15) is 18.8 Å². The molecule has 0 radical (unpaired) electrons. The molecular formula is C23H24ClFN4O4. The SMILES string of the molecule is CCOC(=O)N1CCN(C(=O)c2cc(Cc3n[nH]c(=O)c4ccccc34)ccc2F)CC1.Cl. The van der Waals surface area contributed by atoms with Crippen LogP contribution in [-0.4, -0.2) is 64.8 Å². The number of rotatable bonds is 4. The lowest BCUT2D eigenvalue weighted by Crippen LogP contribution is -2.50. The summed E-state index contributed by atoms with van der Waals surface area (Å²) < 4.78 is 19.5. The van der Waals surface area contributed by atoms with Crippen LogP contribution in [0, 0.1) is 5.82 Å². The minimum absolute atomic E-state index is 0. The Labute approximate surface area is 195 Å². The van der Waals surface area contributed by atoms with Gasteiger partial charge in [-0.1, -0.05) is 24.3 Å². The van der Waals surface area contributed by atoms with Crippen LogP contribution >= 0.6 is 12.4 Å². The number of nitrogens with one attached hydrogen (secondary N) is 1. The molecule has 10 heteroatoms. The van der Waals surface area contributed by atoms with Gasteiger partial charge in [-0.05, 0) is 30.7 Å². The summed E-state index contributed by atoms with van der Waals surface area (Å²) in [6.45, 7) is 3.29. The molecule has 4 rings (SSSR count). The van der Waals surface area contributed by atoms with Crippen LogP contribution in [0.4, 0.5) is 9.18 Å². The Morgan fingerprint density at radius 1 is 1.06 bits per heavy atom. The van der Waals surface area contributed by atoms with Crippen molar-refractivity contribution >= 4 is 35.2 Å². The van der Waals surface area contributed by atoms with Crippen LogP contribution in [0.15, 0.2) is 47.3 Å². The summed E-state index contributed by atoms with van der Waals surface area (Å²) in [5.41, 5.74) is 1.03. The molecule has 0 spiro atoms. The summed E-state index contributed by atoms with van der Waals surface area (Å²) in [4.78, 5) is 39.9. The number of piperazine rings is 1. The zero-order valence-electron chi connectivity index (χ0n) is 18.0. The first-order chi connectivity index (χ1) is 15.5. The number of halogens is 2. The van der Waals surface area contributed by atoms with Crippen molar-refractivity contribution in [2.24, 2.45) is 0 Å². The number of amides is 2. The number of carbonyl (C=O) groups is 2. The molecule has 0 bridgehead atoms. The summed E-state index contributed by atoms with van der Waals surface area (Å²) in [6.07, 6.45) is -0.0810. The fourth-order valence-electron chi connectivity index (χ4n) is 3.82. The number of carbonyl (C=O) groups excluding carboxylic acids is 2. The van der Waals surface area contributed by atoms with Gasteiger partial charge in [-0.3, -0.25) is 9.59 Å². The minimum atomic E-state index is -0.606. The van der Waals surface area contributed by atoms with Gasteiger partial charge in [0.15, 0.2) is 0 Å². The van der Waals surface area contributed by atoms with E-state index in [1.54, 1.807) is 25.1 Å². The first kappa shape index (κ1) is 24.2. The maximum absolute atomic E-state index is 14.5. The molecule has 0 atom stereocenters. The van der Waals surface area contributed by atoms with Crippen LogP contribution in [0.2, 0.25) is 0 Å². The predicted octanol–water partition coefficient (Wildman–Crippen LogP) is 2.99. The summed E-state index contributed by atoms with van der Waals surface area (Å²) in [5.74, 6) is -1.03. The normalized spacial score (nSPS) is 13.5. The average molecular weight is 475 g/mol. The van der Waals surface area contributed by atoms with Crippen LogP contribution in [-0.2, 0) is 11.2 Å². The number of H-pyrrole nitrogens is 1. The quantitative estimate of drug-likeness (QED) is 0.627. The average Bonchev–Trinajstić information content (AvgIpc) is 2.82. The number of nitrogens with zero attached hydrogens (tertiary/aromatic N) is 3. The third kappa shape index (κ3) is 5.14.